The van der Waals surface area contributed by atoms with Crippen LogP contribution >= 0.6 is 0 Å². The highest BCUT2D eigenvalue weighted by Crippen LogP contribution is 2.67. The maximum atomic E-state index is 13.9. The van der Waals surface area contributed by atoms with E-state index in [0.717, 1.165) is 43.3 Å². The average Bonchev–Trinajstić information content (AvgIpc) is 3.43. The van der Waals surface area contributed by atoms with E-state index >= 15 is 0 Å². The van der Waals surface area contributed by atoms with Gasteiger partial charge in [-0.2, -0.15) is 0 Å². The molecule has 2 aliphatic heterocycles. The zero-order valence-electron chi connectivity index (χ0n) is 23.0. The van der Waals surface area contributed by atoms with E-state index in [9.17, 15) is 19.8 Å². The molecular weight excluding hydrogens is 488 g/mol. The maximum Gasteiger partial charge on any atom is 0.331 e. The van der Waals surface area contributed by atoms with Crippen molar-refractivity contribution < 1.29 is 38.7 Å². The lowest BCUT2D eigenvalue weighted by atomic mass is 9.47. The Morgan fingerprint density at radius 2 is 1.82 bits per heavy atom. The van der Waals surface area contributed by atoms with Gasteiger partial charge in [-0.05, 0) is 87.7 Å². The Labute approximate surface area is 224 Å². The molecule has 0 aromatic heterocycles. The van der Waals surface area contributed by atoms with E-state index in [0.29, 0.717) is 25.2 Å². The summed E-state index contributed by atoms with van der Waals surface area (Å²) in [5, 5.41) is 22.6. The lowest BCUT2D eigenvalue weighted by Gasteiger charge is -2.59. The van der Waals surface area contributed by atoms with Crippen molar-refractivity contribution in [2.24, 2.45) is 28.6 Å². The molecule has 4 fully saturated rings. The molecule has 3 saturated carbocycles. The van der Waals surface area contributed by atoms with Crippen LogP contribution < -0.4 is 0 Å². The number of cyclic esters (lactones) is 1. The predicted octanol–water partition coefficient (Wildman–Crippen LogP) is 3.24. The molecule has 2 heterocycles. The van der Waals surface area contributed by atoms with Crippen LogP contribution in [0.5, 0.6) is 0 Å². The smallest absolute Gasteiger partial charge is 0.331 e. The zero-order valence-corrected chi connectivity index (χ0v) is 23.0. The van der Waals surface area contributed by atoms with Crippen molar-refractivity contribution in [2.75, 3.05) is 13.7 Å². The summed E-state index contributed by atoms with van der Waals surface area (Å²) in [6.45, 7) is 6.26. The van der Waals surface area contributed by atoms with Crippen LogP contribution in [0, 0.1) is 28.6 Å². The highest BCUT2D eigenvalue weighted by molar-refractivity contribution is 5.99. The molecule has 1 saturated heterocycles. The molecule has 210 valence electrons. The van der Waals surface area contributed by atoms with Gasteiger partial charge in [0.05, 0.1) is 29.3 Å². The summed E-state index contributed by atoms with van der Waals surface area (Å²) in [6, 6.07) is 0. The Bertz CT molecular complexity index is 1070. The van der Waals surface area contributed by atoms with Crippen LogP contribution in [0.15, 0.2) is 23.3 Å². The number of esters is 1. The number of hydrogen-bond acceptors (Lipinski definition) is 8. The molecule has 0 bridgehead atoms. The highest BCUT2D eigenvalue weighted by atomic mass is 16.7. The fourth-order valence-electron chi connectivity index (χ4n) is 9.10. The number of carbonyl (C=O) groups is 2. The molecule has 2 N–H and O–H groups in total. The number of ether oxygens (including phenoxy) is 4. The third-order valence-electron chi connectivity index (χ3n) is 11.5. The largest absolute Gasteiger partial charge is 0.458 e. The minimum atomic E-state index is -1.12. The van der Waals surface area contributed by atoms with Gasteiger partial charge >= 0.3 is 5.97 Å². The van der Waals surface area contributed by atoms with Crippen LogP contribution in [-0.2, 0) is 28.5 Å². The molecule has 0 spiro atoms. The normalized spacial score (nSPS) is 50.5. The Balaban J connectivity index is 1.21. The minimum absolute atomic E-state index is 0.0111. The number of carbonyl (C=O) groups excluding carboxylic acids is 2. The lowest BCUT2D eigenvalue weighted by molar-refractivity contribution is -0.269. The van der Waals surface area contributed by atoms with Crippen molar-refractivity contribution in [3.05, 3.63) is 23.3 Å². The van der Waals surface area contributed by atoms with Gasteiger partial charge in [0.15, 0.2) is 12.1 Å². The highest BCUT2D eigenvalue weighted by Gasteiger charge is 2.68. The summed E-state index contributed by atoms with van der Waals surface area (Å²) in [7, 11) is 1.61. The Hall–Kier alpha value is -1.58. The van der Waals surface area contributed by atoms with Crippen molar-refractivity contribution in [3.8, 4) is 0 Å². The quantitative estimate of drug-likeness (QED) is 0.421. The first-order valence-corrected chi connectivity index (χ1v) is 14.4. The van der Waals surface area contributed by atoms with Gasteiger partial charge in [-0.1, -0.05) is 12.5 Å². The summed E-state index contributed by atoms with van der Waals surface area (Å²) in [5.41, 5.74) is -0.253. The van der Waals surface area contributed by atoms with Gasteiger partial charge in [0.1, 0.15) is 12.7 Å². The molecule has 6 aliphatic rings. The van der Waals surface area contributed by atoms with Gasteiger partial charge in [0, 0.05) is 25.5 Å². The molecule has 0 aromatic carbocycles. The second-order valence-electron chi connectivity index (χ2n) is 13.1. The van der Waals surface area contributed by atoms with E-state index in [1.165, 1.54) is 6.08 Å². The third kappa shape index (κ3) is 3.74. The van der Waals surface area contributed by atoms with E-state index in [1.54, 1.807) is 7.11 Å². The van der Waals surface area contributed by atoms with Crippen LogP contribution in [-0.4, -0.2) is 72.0 Å². The monoisotopic (exact) mass is 530 g/mol. The van der Waals surface area contributed by atoms with Crippen LogP contribution in [0.2, 0.25) is 0 Å². The molecule has 4 aliphatic carbocycles. The fraction of sp³-hybridized carbons (Fsp3) is 0.800. The standard InChI is InChI=1S/C30H42O8/c1-16-27(33)23(35-4)14-26(37-16)38-19-7-9-28(2)18(12-19)5-6-21-22(28)13-24(31)29(3)20(8-10-30(21,29)34)17-11-25(32)36-15-17/h11,13,16,18-21,23,26-27,33-34H,5-10,12,14-15H2,1-4H3/t16-,18-,19+,20-,21-,23+,26+,27+,28+,29+,30+/m1/s1. The van der Waals surface area contributed by atoms with E-state index in [2.05, 4.69) is 6.92 Å². The molecular formula is C30H42O8. The SMILES string of the molecule is CO[C@H]1C[C@H](O[C@H]2CC[C@]3(C)C4=CC(=O)[C@]5(C)[C@@H](C6=CC(=O)OC6)CC[C@]5(O)[C@@H]4CC[C@@H]3C2)O[C@H](C)[C@@H]1O. The van der Waals surface area contributed by atoms with E-state index in [1.807, 2.05) is 19.9 Å². The molecule has 0 aromatic rings. The van der Waals surface area contributed by atoms with Crippen molar-refractivity contribution in [2.45, 2.75) is 108 Å². The topological polar surface area (TPSA) is 112 Å². The van der Waals surface area contributed by atoms with Gasteiger partial charge in [0.2, 0.25) is 0 Å². The number of rotatable bonds is 4. The van der Waals surface area contributed by atoms with E-state index in [4.69, 9.17) is 18.9 Å². The van der Waals surface area contributed by atoms with Crippen LogP contribution in [0.4, 0.5) is 0 Å². The zero-order chi connectivity index (χ0) is 27.0. The minimum Gasteiger partial charge on any atom is -0.458 e. The van der Waals surface area contributed by atoms with Crippen molar-refractivity contribution in [3.63, 3.8) is 0 Å². The van der Waals surface area contributed by atoms with Crippen molar-refractivity contribution in [1.82, 2.24) is 0 Å². The second kappa shape index (κ2) is 9.23. The summed E-state index contributed by atoms with van der Waals surface area (Å²) in [4.78, 5) is 25.7. The summed E-state index contributed by atoms with van der Waals surface area (Å²) >= 11 is 0. The second-order valence-corrected chi connectivity index (χ2v) is 13.1. The van der Waals surface area contributed by atoms with Crippen molar-refractivity contribution >= 4 is 11.8 Å². The average molecular weight is 531 g/mol. The first kappa shape index (κ1) is 26.6. The van der Waals surface area contributed by atoms with Gasteiger partial charge in [-0.3, -0.25) is 4.79 Å². The van der Waals surface area contributed by atoms with Crippen LogP contribution in [0.25, 0.3) is 0 Å². The molecule has 8 heteroatoms. The Kier molecular flexibility index (Phi) is 6.47. The first-order valence-electron chi connectivity index (χ1n) is 14.4. The molecule has 38 heavy (non-hydrogen) atoms. The number of hydrogen-bond donors (Lipinski definition) is 2. The van der Waals surface area contributed by atoms with E-state index in [-0.39, 0.29) is 53.9 Å². The van der Waals surface area contributed by atoms with Crippen LogP contribution in [0.1, 0.15) is 72.1 Å². The van der Waals surface area contributed by atoms with E-state index < -0.39 is 23.4 Å². The summed E-state index contributed by atoms with van der Waals surface area (Å²) in [5.74, 6) is -0.240. The Morgan fingerprint density at radius 3 is 2.53 bits per heavy atom. The molecule has 0 radical (unpaired) electrons. The number of fused-ring (bicyclic) bond motifs is 5. The third-order valence-corrected chi connectivity index (χ3v) is 11.5. The molecule has 0 unspecified atom stereocenters. The number of aliphatic hydroxyl groups excluding tert-OH is 1. The fourth-order valence-corrected chi connectivity index (χ4v) is 9.10. The molecule has 11 atom stereocenters. The number of ketones is 1. The van der Waals surface area contributed by atoms with Crippen molar-refractivity contribution in [1.29, 1.82) is 0 Å². The Morgan fingerprint density at radius 1 is 1.03 bits per heavy atom. The number of methoxy groups -OCH3 is 1. The molecule has 8 nitrogen and oxygen atoms in total. The van der Waals surface area contributed by atoms with Gasteiger partial charge in [-0.15, -0.1) is 0 Å². The lowest BCUT2D eigenvalue weighted by Crippen LogP contribution is -2.61. The van der Waals surface area contributed by atoms with Crippen LogP contribution in [0.3, 0.4) is 0 Å². The van der Waals surface area contributed by atoms with Gasteiger partial charge in [0.25, 0.3) is 0 Å². The maximum absolute atomic E-state index is 13.9. The molecule has 0 amide bonds. The molecule has 6 rings (SSSR count). The summed E-state index contributed by atoms with van der Waals surface area (Å²) < 4.78 is 23.0. The first-order chi connectivity index (χ1) is 18.0. The predicted molar refractivity (Wildman–Crippen MR) is 137 cm³/mol. The number of allylic oxidation sites excluding steroid dienone is 1. The number of aliphatic hydroxyl groups is 2. The van der Waals surface area contributed by atoms with Gasteiger partial charge in [-0.25, -0.2) is 4.79 Å². The van der Waals surface area contributed by atoms with Gasteiger partial charge < -0.3 is 29.2 Å². The summed E-state index contributed by atoms with van der Waals surface area (Å²) in [6.07, 6.45) is 7.91.